The first kappa shape index (κ1) is 9.27. The lowest BCUT2D eigenvalue weighted by Gasteiger charge is -2.00. The molecule has 3 nitrogen and oxygen atoms in total. The molecule has 0 fully saturated rings. The lowest BCUT2D eigenvalue weighted by atomic mass is 10.1. The van der Waals surface area contributed by atoms with Crippen molar-refractivity contribution in [1.29, 1.82) is 0 Å². The summed E-state index contributed by atoms with van der Waals surface area (Å²) in [6.07, 6.45) is 0. The molecule has 1 aromatic carbocycles. The Bertz CT molecular complexity index is 439. The van der Waals surface area contributed by atoms with Crippen LogP contribution in [0.2, 0.25) is 0 Å². The maximum atomic E-state index is 5.13. The number of halogens is 1. The van der Waals surface area contributed by atoms with E-state index in [9.17, 15) is 0 Å². The molecule has 0 atom stereocenters. The van der Waals surface area contributed by atoms with Crippen molar-refractivity contribution in [3.8, 4) is 17.0 Å². The van der Waals surface area contributed by atoms with Gasteiger partial charge in [0, 0.05) is 5.56 Å². The monoisotopic (exact) mass is 252 g/mol. The molecule has 0 saturated carbocycles. The van der Waals surface area contributed by atoms with Gasteiger partial charge in [0.25, 0.3) is 0 Å². The molecule has 0 radical (unpaired) electrons. The zero-order valence-corrected chi connectivity index (χ0v) is 9.21. The predicted molar refractivity (Wildman–Crippen MR) is 58.3 cm³/mol. The van der Waals surface area contributed by atoms with Crippen molar-refractivity contribution in [2.45, 2.75) is 0 Å². The Balaban J connectivity index is 2.41. The van der Waals surface area contributed by atoms with E-state index in [-0.39, 0.29) is 0 Å². The molecular formula is C10H9BrN2O. The van der Waals surface area contributed by atoms with E-state index in [2.05, 4.69) is 26.1 Å². The lowest BCUT2D eigenvalue weighted by Crippen LogP contribution is -1.83. The highest BCUT2D eigenvalue weighted by molar-refractivity contribution is 9.10. The molecule has 4 heteroatoms. The maximum Gasteiger partial charge on any atom is 0.119 e. The topological polar surface area (TPSA) is 37.9 Å². The van der Waals surface area contributed by atoms with Crippen molar-refractivity contribution in [3.05, 3.63) is 34.9 Å². The zero-order chi connectivity index (χ0) is 9.97. The summed E-state index contributed by atoms with van der Waals surface area (Å²) in [5.41, 5.74) is 1.93. The van der Waals surface area contributed by atoms with E-state index in [0.29, 0.717) is 0 Å². The number of benzene rings is 1. The Morgan fingerprint density at radius 2 is 2.21 bits per heavy atom. The minimum Gasteiger partial charge on any atom is -0.497 e. The Morgan fingerprint density at radius 3 is 2.86 bits per heavy atom. The number of hydrogen-bond donors (Lipinski definition) is 1. The lowest BCUT2D eigenvalue weighted by molar-refractivity contribution is 0.415. The largest absolute Gasteiger partial charge is 0.497 e. The summed E-state index contributed by atoms with van der Waals surface area (Å²) in [4.78, 5) is 0. The molecule has 14 heavy (non-hydrogen) atoms. The van der Waals surface area contributed by atoms with Gasteiger partial charge in [-0.3, -0.25) is 5.10 Å². The number of nitrogens with zero attached hydrogens (tertiary/aromatic N) is 1. The normalized spacial score (nSPS) is 10.1. The summed E-state index contributed by atoms with van der Waals surface area (Å²) in [5.74, 6) is 0.835. The van der Waals surface area contributed by atoms with Crippen molar-refractivity contribution >= 4 is 15.9 Å². The molecule has 0 bridgehead atoms. The van der Waals surface area contributed by atoms with Crippen LogP contribution < -0.4 is 4.74 Å². The fourth-order valence-corrected chi connectivity index (χ4v) is 1.53. The van der Waals surface area contributed by atoms with E-state index in [1.807, 2.05) is 30.3 Å². The average molecular weight is 253 g/mol. The number of methoxy groups -OCH3 is 1. The molecule has 0 unspecified atom stereocenters. The van der Waals surface area contributed by atoms with Crippen molar-refractivity contribution in [2.24, 2.45) is 0 Å². The van der Waals surface area contributed by atoms with E-state index in [0.717, 1.165) is 21.6 Å². The average Bonchev–Trinajstić information content (AvgIpc) is 2.65. The summed E-state index contributed by atoms with van der Waals surface area (Å²) >= 11 is 3.32. The Morgan fingerprint density at radius 1 is 1.36 bits per heavy atom. The number of nitrogens with one attached hydrogen (secondary N) is 1. The van der Waals surface area contributed by atoms with Gasteiger partial charge in [0.1, 0.15) is 10.4 Å². The molecule has 0 aliphatic rings. The first-order chi connectivity index (χ1) is 6.79. The van der Waals surface area contributed by atoms with Crippen LogP contribution in [0.5, 0.6) is 5.75 Å². The van der Waals surface area contributed by atoms with Crippen LogP contribution in [0.15, 0.2) is 34.9 Å². The summed E-state index contributed by atoms with van der Waals surface area (Å²) < 4.78 is 6.00. The van der Waals surface area contributed by atoms with Gasteiger partial charge in [-0.2, -0.15) is 5.10 Å². The van der Waals surface area contributed by atoms with E-state index >= 15 is 0 Å². The fourth-order valence-electron chi connectivity index (χ4n) is 1.23. The van der Waals surface area contributed by atoms with Gasteiger partial charge in [-0.25, -0.2) is 0 Å². The van der Waals surface area contributed by atoms with Crippen molar-refractivity contribution in [2.75, 3.05) is 7.11 Å². The first-order valence-electron chi connectivity index (χ1n) is 4.15. The van der Waals surface area contributed by atoms with Crippen LogP contribution in [0.1, 0.15) is 0 Å². The SMILES string of the molecule is COc1cccc(-c2cc(Br)[nH]n2)c1. The van der Waals surface area contributed by atoms with Crippen LogP contribution in [-0.2, 0) is 0 Å². The number of ether oxygens (including phenoxy) is 1. The van der Waals surface area contributed by atoms with Gasteiger partial charge in [-0.15, -0.1) is 0 Å². The summed E-state index contributed by atoms with van der Waals surface area (Å²) in [5, 5.41) is 6.96. The van der Waals surface area contributed by atoms with E-state index in [1.54, 1.807) is 7.11 Å². The van der Waals surface area contributed by atoms with Crippen LogP contribution in [0, 0.1) is 0 Å². The van der Waals surface area contributed by atoms with Gasteiger partial charge in [0.15, 0.2) is 0 Å². The second kappa shape index (κ2) is 3.84. The maximum absolute atomic E-state index is 5.13. The molecule has 0 amide bonds. The number of aromatic nitrogens is 2. The molecule has 2 aromatic rings. The number of hydrogen-bond acceptors (Lipinski definition) is 2. The third-order valence-electron chi connectivity index (χ3n) is 1.91. The Labute approximate surface area is 90.2 Å². The quantitative estimate of drug-likeness (QED) is 0.893. The molecule has 0 saturated heterocycles. The van der Waals surface area contributed by atoms with Gasteiger partial charge in [-0.05, 0) is 34.1 Å². The van der Waals surface area contributed by atoms with Crippen molar-refractivity contribution in [1.82, 2.24) is 10.2 Å². The van der Waals surface area contributed by atoms with Crippen LogP contribution in [0.3, 0.4) is 0 Å². The van der Waals surface area contributed by atoms with Gasteiger partial charge >= 0.3 is 0 Å². The summed E-state index contributed by atoms with van der Waals surface area (Å²) in [7, 11) is 1.65. The van der Waals surface area contributed by atoms with Crippen molar-refractivity contribution < 1.29 is 4.74 Å². The predicted octanol–water partition coefficient (Wildman–Crippen LogP) is 2.85. The molecule has 0 aliphatic carbocycles. The third-order valence-corrected chi connectivity index (χ3v) is 2.32. The van der Waals surface area contributed by atoms with E-state index in [4.69, 9.17) is 4.74 Å². The van der Waals surface area contributed by atoms with Crippen LogP contribution in [-0.4, -0.2) is 17.3 Å². The van der Waals surface area contributed by atoms with Crippen LogP contribution in [0.4, 0.5) is 0 Å². The Hall–Kier alpha value is -1.29. The highest BCUT2D eigenvalue weighted by Gasteiger charge is 2.02. The smallest absolute Gasteiger partial charge is 0.119 e. The van der Waals surface area contributed by atoms with Gasteiger partial charge < -0.3 is 4.74 Å². The Kier molecular flexibility index (Phi) is 2.54. The van der Waals surface area contributed by atoms with E-state index < -0.39 is 0 Å². The number of H-pyrrole nitrogens is 1. The highest BCUT2D eigenvalue weighted by Crippen LogP contribution is 2.23. The van der Waals surface area contributed by atoms with E-state index in [1.165, 1.54) is 0 Å². The number of aromatic amines is 1. The molecule has 1 aromatic heterocycles. The highest BCUT2D eigenvalue weighted by atomic mass is 79.9. The van der Waals surface area contributed by atoms with Crippen molar-refractivity contribution in [3.63, 3.8) is 0 Å². The molecule has 72 valence electrons. The second-order valence-corrected chi connectivity index (χ2v) is 3.69. The molecule has 0 spiro atoms. The fraction of sp³-hybridized carbons (Fsp3) is 0.100. The number of rotatable bonds is 2. The second-order valence-electron chi connectivity index (χ2n) is 2.83. The molecule has 0 aliphatic heterocycles. The first-order valence-corrected chi connectivity index (χ1v) is 4.94. The van der Waals surface area contributed by atoms with Crippen LogP contribution >= 0.6 is 15.9 Å². The molecule has 1 heterocycles. The molecule has 1 N–H and O–H groups in total. The minimum absolute atomic E-state index is 0.835. The summed E-state index contributed by atoms with van der Waals surface area (Å²) in [6.45, 7) is 0. The van der Waals surface area contributed by atoms with Crippen LogP contribution in [0.25, 0.3) is 11.3 Å². The standard InChI is InChI=1S/C10H9BrN2O/c1-14-8-4-2-3-7(5-8)9-6-10(11)13-12-9/h2-6H,1H3,(H,12,13). The molecular weight excluding hydrogens is 244 g/mol. The third kappa shape index (κ3) is 1.80. The molecule has 2 rings (SSSR count). The van der Waals surface area contributed by atoms with Gasteiger partial charge in [-0.1, -0.05) is 12.1 Å². The minimum atomic E-state index is 0.835. The van der Waals surface area contributed by atoms with Gasteiger partial charge in [0.05, 0.1) is 12.8 Å². The van der Waals surface area contributed by atoms with Gasteiger partial charge in [0.2, 0.25) is 0 Å². The summed E-state index contributed by atoms with van der Waals surface area (Å²) in [6, 6.07) is 9.71. The zero-order valence-electron chi connectivity index (χ0n) is 7.62.